The summed E-state index contributed by atoms with van der Waals surface area (Å²) in [5.74, 6) is 2.14. The van der Waals surface area contributed by atoms with E-state index in [1.54, 1.807) is 24.3 Å². The van der Waals surface area contributed by atoms with E-state index in [-0.39, 0.29) is 5.91 Å². The molecule has 0 aliphatic carbocycles. The van der Waals surface area contributed by atoms with Crippen molar-refractivity contribution in [2.75, 3.05) is 0 Å². The van der Waals surface area contributed by atoms with Crippen molar-refractivity contribution < 1.29 is 9.59 Å². The van der Waals surface area contributed by atoms with E-state index < -0.39 is 12.1 Å². The molecule has 15 heavy (non-hydrogen) atoms. The van der Waals surface area contributed by atoms with Gasteiger partial charge in [0.15, 0.2) is 0 Å². The van der Waals surface area contributed by atoms with Crippen LogP contribution in [0.4, 0.5) is 4.79 Å². The van der Waals surface area contributed by atoms with Gasteiger partial charge in [0.05, 0.1) is 0 Å². The predicted octanol–water partition coefficient (Wildman–Crippen LogP) is 0.548. The Kier molecular flexibility index (Phi) is 2.14. The Morgan fingerprint density at radius 2 is 1.87 bits per heavy atom. The molecule has 0 radical (unpaired) electrons. The van der Waals surface area contributed by atoms with Crippen LogP contribution in [0.2, 0.25) is 0 Å². The number of nitrogens with one attached hydrogen (secondary N) is 2. The number of hydrogen-bond acceptors (Lipinski definition) is 2. The van der Waals surface area contributed by atoms with Gasteiger partial charge in [0, 0.05) is 5.56 Å². The second-order valence-corrected chi connectivity index (χ2v) is 3.16. The first kappa shape index (κ1) is 9.28. The summed E-state index contributed by atoms with van der Waals surface area (Å²) in [6.07, 6.45) is 5.20. The van der Waals surface area contributed by atoms with Gasteiger partial charge in [-0.1, -0.05) is 18.1 Å². The topological polar surface area (TPSA) is 58.2 Å². The first-order valence-corrected chi connectivity index (χ1v) is 4.38. The van der Waals surface area contributed by atoms with Crippen molar-refractivity contribution in [3.05, 3.63) is 35.4 Å². The van der Waals surface area contributed by atoms with E-state index in [1.807, 2.05) is 0 Å². The zero-order chi connectivity index (χ0) is 10.8. The van der Waals surface area contributed by atoms with Crippen LogP contribution in [0, 0.1) is 12.3 Å². The third kappa shape index (κ3) is 1.67. The summed E-state index contributed by atoms with van der Waals surface area (Å²) >= 11 is 0. The summed E-state index contributed by atoms with van der Waals surface area (Å²) in [5.41, 5.74) is 1.46. The third-order valence-corrected chi connectivity index (χ3v) is 2.19. The number of urea groups is 1. The number of benzene rings is 1. The van der Waals surface area contributed by atoms with Gasteiger partial charge in [-0.25, -0.2) is 4.79 Å². The van der Waals surface area contributed by atoms with Gasteiger partial charge in [-0.05, 0) is 17.7 Å². The average Bonchev–Trinajstić information content (AvgIpc) is 2.58. The lowest BCUT2D eigenvalue weighted by molar-refractivity contribution is -0.120. The number of terminal acetylenes is 1. The maximum absolute atomic E-state index is 11.3. The lowest BCUT2D eigenvalue weighted by atomic mass is 10.1. The van der Waals surface area contributed by atoms with Gasteiger partial charge in [-0.3, -0.25) is 10.1 Å². The van der Waals surface area contributed by atoms with Gasteiger partial charge in [0.25, 0.3) is 5.91 Å². The monoisotopic (exact) mass is 200 g/mol. The summed E-state index contributed by atoms with van der Waals surface area (Å²) < 4.78 is 0. The lowest BCUT2D eigenvalue weighted by Gasteiger charge is -2.06. The minimum Gasteiger partial charge on any atom is -0.322 e. The molecule has 74 valence electrons. The second kappa shape index (κ2) is 3.46. The van der Waals surface area contributed by atoms with Gasteiger partial charge >= 0.3 is 6.03 Å². The van der Waals surface area contributed by atoms with Crippen LogP contribution in [0.3, 0.4) is 0 Å². The number of rotatable bonds is 1. The minimum absolute atomic E-state index is 0.339. The molecule has 4 heteroatoms. The Morgan fingerprint density at radius 1 is 1.20 bits per heavy atom. The van der Waals surface area contributed by atoms with Crippen LogP contribution in [-0.2, 0) is 4.79 Å². The molecular weight excluding hydrogens is 192 g/mol. The second-order valence-electron chi connectivity index (χ2n) is 3.16. The van der Waals surface area contributed by atoms with Crippen molar-refractivity contribution in [2.24, 2.45) is 0 Å². The van der Waals surface area contributed by atoms with E-state index in [1.165, 1.54) is 0 Å². The molecule has 2 N–H and O–H groups in total. The summed E-state index contributed by atoms with van der Waals surface area (Å²) in [5, 5.41) is 4.67. The van der Waals surface area contributed by atoms with Crippen molar-refractivity contribution in [2.45, 2.75) is 6.04 Å². The molecule has 1 saturated heterocycles. The highest BCUT2D eigenvalue weighted by Crippen LogP contribution is 2.16. The first-order valence-electron chi connectivity index (χ1n) is 4.38. The molecule has 1 fully saturated rings. The van der Waals surface area contributed by atoms with Crippen LogP contribution in [0.15, 0.2) is 24.3 Å². The molecule has 4 nitrogen and oxygen atoms in total. The third-order valence-electron chi connectivity index (χ3n) is 2.19. The zero-order valence-corrected chi connectivity index (χ0v) is 7.78. The molecule has 2 rings (SSSR count). The molecule has 1 aliphatic heterocycles. The van der Waals surface area contributed by atoms with Crippen LogP contribution in [0.5, 0.6) is 0 Å². The van der Waals surface area contributed by atoms with E-state index >= 15 is 0 Å². The molecular formula is C11H8N2O2. The van der Waals surface area contributed by atoms with Crippen molar-refractivity contribution in [3.63, 3.8) is 0 Å². The maximum atomic E-state index is 11.3. The highest BCUT2D eigenvalue weighted by atomic mass is 16.2. The Labute approximate surface area is 86.7 Å². The largest absolute Gasteiger partial charge is 0.322 e. The number of carbonyl (C=O) groups excluding carboxylic acids is 2. The summed E-state index contributed by atoms with van der Waals surface area (Å²) in [6.45, 7) is 0. The number of hydrogen-bond donors (Lipinski definition) is 2. The van der Waals surface area contributed by atoms with E-state index in [0.717, 1.165) is 11.1 Å². The van der Waals surface area contributed by atoms with Gasteiger partial charge < -0.3 is 5.32 Å². The zero-order valence-electron chi connectivity index (χ0n) is 7.78. The molecule has 3 amide bonds. The Balaban J connectivity index is 2.27. The molecule has 0 spiro atoms. The summed E-state index contributed by atoms with van der Waals surface area (Å²) in [4.78, 5) is 22.2. The van der Waals surface area contributed by atoms with Crippen molar-refractivity contribution in [3.8, 4) is 12.3 Å². The van der Waals surface area contributed by atoms with E-state index in [9.17, 15) is 9.59 Å². The molecule has 0 bridgehead atoms. The van der Waals surface area contributed by atoms with E-state index in [0.29, 0.717) is 0 Å². The Hall–Kier alpha value is -2.28. The fourth-order valence-electron chi connectivity index (χ4n) is 1.42. The average molecular weight is 200 g/mol. The molecule has 1 aromatic rings. The Bertz CT molecular complexity index is 456. The SMILES string of the molecule is C#Cc1ccc(C2NC(=O)NC2=O)cc1. The predicted molar refractivity (Wildman–Crippen MR) is 53.8 cm³/mol. The maximum Gasteiger partial charge on any atom is 0.322 e. The van der Waals surface area contributed by atoms with Crippen molar-refractivity contribution >= 4 is 11.9 Å². The first-order chi connectivity index (χ1) is 7.20. The van der Waals surface area contributed by atoms with Crippen LogP contribution in [0.1, 0.15) is 17.2 Å². The fourth-order valence-corrected chi connectivity index (χ4v) is 1.42. The van der Waals surface area contributed by atoms with E-state index in [4.69, 9.17) is 6.42 Å². The van der Waals surface area contributed by atoms with Gasteiger partial charge in [0.2, 0.25) is 0 Å². The summed E-state index contributed by atoms with van der Waals surface area (Å²) in [7, 11) is 0. The molecule has 1 aliphatic rings. The van der Waals surface area contributed by atoms with Crippen LogP contribution in [0.25, 0.3) is 0 Å². The fraction of sp³-hybridized carbons (Fsp3) is 0.0909. The number of amides is 3. The van der Waals surface area contributed by atoms with Crippen LogP contribution in [-0.4, -0.2) is 11.9 Å². The molecule has 1 aromatic carbocycles. The van der Waals surface area contributed by atoms with E-state index in [2.05, 4.69) is 16.6 Å². The minimum atomic E-state index is -0.607. The normalized spacial score (nSPS) is 19.3. The molecule has 1 heterocycles. The molecule has 1 atom stereocenters. The Morgan fingerprint density at radius 3 is 2.33 bits per heavy atom. The smallest absolute Gasteiger partial charge is 0.322 e. The highest BCUT2D eigenvalue weighted by molar-refractivity contribution is 6.04. The quantitative estimate of drug-likeness (QED) is 0.513. The van der Waals surface area contributed by atoms with Gasteiger partial charge in [0.1, 0.15) is 6.04 Å². The molecule has 0 aromatic heterocycles. The number of carbonyl (C=O) groups is 2. The summed E-state index contributed by atoms with van der Waals surface area (Å²) in [6, 6.07) is 5.84. The van der Waals surface area contributed by atoms with Crippen molar-refractivity contribution in [1.82, 2.24) is 10.6 Å². The lowest BCUT2D eigenvalue weighted by Crippen LogP contribution is -2.22. The van der Waals surface area contributed by atoms with Crippen LogP contribution >= 0.6 is 0 Å². The van der Waals surface area contributed by atoms with Crippen LogP contribution < -0.4 is 10.6 Å². The van der Waals surface area contributed by atoms with Crippen molar-refractivity contribution in [1.29, 1.82) is 0 Å². The standard InChI is InChI=1S/C11H8N2O2/c1-2-7-3-5-8(6-4-7)9-10(14)13-11(15)12-9/h1,3-6,9H,(H2,12,13,14,15). The van der Waals surface area contributed by atoms with Gasteiger partial charge in [-0.15, -0.1) is 6.42 Å². The molecule has 1 unspecified atom stereocenters. The highest BCUT2D eigenvalue weighted by Gasteiger charge is 2.30. The molecule has 0 saturated carbocycles. The number of imide groups is 1. The van der Waals surface area contributed by atoms with Gasteiger partial charge in [-0.2, -0.15) is 0 Å².